The Morgan fingerprint density at radius 3 is 1.59 bits per heavy atom. The minimum atomic E-state index is -0.826. The van der Waals surface area contributed by atoms with Gasteiger partial charge >= 0.3 is 37.9 Å². The van der Waals surface area contributed by atoms with E-state index in [9.17, 15) is 0 Å². The second-order valence-electron chi connectivity index (χ2n) is 16.6. The maximum atomic E-state index is 4.93. The zero-order chi connectivity index (χ0) is 40.6. The number of benzene rings is 6. The van der Waals surface area contributed by atoms with Gasteiger partial charge in [-0.1, -0.05) is 194 Å². The molecule has 0 aliphatic carbocycles. The summed E-state index contributed by atoms with van der Waals surface area (Å²) in [4.78, 5) is 0. The van der Waals surface area contributed by atoms with Crippen LogP contribution in [-0.4, -0.2) is 9.52 Å². The Kier molecular flexibility index (Phi) is 15.0. The molecule has 0 saturated carbocycles. The van der Waals surface area contributed by atoms with Crippen molar-refractivity contribution in [1.82, 2.24) is 0 Å². The van der Waals surface area contributed by atoms with Crippen molar-refractivity contribution in [2.24, 2.45) is 0 Å². The second kappa shape index (κ2) is 19.3. The van der Waals surface area contributed by atoms with Crippen molar-refractivity contribution in [1.29, 1.82) is 0 Å². The van der Waals surface area contributed by atoms with Crippen molar-refractivity contribution >= 4 is 58.9 Å². The van der Waals surface area contributed by atoms with Crippen LogP contribution in [0.5, 0.6) is 0 Å². The number of hydrogen-bond acceptors (Lipinski definition) is 0. The average Bonchev–Trinajstić information content (AvgIpc) is 3.80. The molecule has 0 unspecified atom stereocenters. The van der Waals surface area contributed by atoms with E-state index in [4.69, 9.17) is 17.0 Å². The molecule has 0 atom stereocenters. The second-order valence-corrected chi connectivity index (χ2v) is 21.4. The number of halogens is 2. The van der Waals surface area contributed by atoms with E-state index < -0.39 is 20.8 Å². The van der Waals surface area contributed by atoms with Gasteiger partial charge in [0.15, 0.2) is 0 Å². The monoisotopic (exact) mass is 866 g/mol. The third-order valence-electron chi connectivity index (χ3n) is 10.2. The van der Waals surface area contributed by atoms with E-state index in [1.54, 1.807) is 0 Å². The fraction of sp³-hybridized carbons (Fsp3) is 0.231. The normalized spacial score (nSPS) is 11.2. The molecule has 0 heterocycles. The molecule has 8 aromatic rings. The molecule has 0 saturated heterocycles. The van der Waals surface area contributed by atoms with Crippen LogP contribution in [-0.2, 0) is 31.7 Å². The first kappa shape index (κ1) is 43.6. The molecule has 56 heavy (non-hydrogen) atoms. The predicted octanol–water partition coefficient (Wildman–Crippen LogP) is 16.6. The zero-order valence-corrected chi connectivity index (χ0v) is 39.6. The van der Waals surface area contributed by atoms with Gasteiger partial charge in [0.05, 0.1) is 0 Å². The van der Waals surface area contributed by atoms with E-state index >= 15 is 0 Å². The first-order valence-electron chi connectivity index (χ1n) is 19.3. The number of rotatable bonds is 3. The Morgan fingerprint density at radius 1 is 0.518 bits per heavy atom. The van der Waals surface area contributed by atoms with Crippen LogP contribution in [0.1, 0.15) is 63.8 Å². The van der Waals surface area contributed by atoms with Gasteiger partial charge in [-0.3, -0.25) is 0 Å². The molecule has 0 spiro atoms. The standard InChI is InChI=1S/C29H25.C21H23.C2H6Si.2ClH.Zr/c1-29(2,3)26-15-13-21(14-16-26)27-10-6-9-24-18-25(19-28(24)27)23-12-11-20-7-4-5-8-22(20)17-23;1-14-12-19-15(2)6-11-18(20(19)13-14)16-7-9-17(10-8-16)21(3,4)5;1-3-2;;;/h4-19H,1-3H3;6-13H,1-5H3;1-2H3;2*1H;/q2*-1;;;;+4/p-2. The van der Waals surface area contributed by atoms with Gasteiger partial charge in [0.25, 0.3) is 0 Å². The molecule has 8 rings (SSSR count). The molecular weight excluding hydrogens is 815 g/mol. The molecule has 284 valence electrons. The van der Waals surface area contributed by atoms with Gasteiger partial charge in [-0.25, -0.2) is 0 Å². The maximum absolute atomic E-state index is 4.93. The summed E-state index contributed by atoms with van der Waals surface area (Å²) in [6, 6.07) is 53.7. The molecule has 4 heteroatoms. The molecule has 0 amide bonds. The quantitative estimate of drug-likeness (QED) is 0.123. The van der Waals surface area contributed by atoms with E-state index in [0.29, 0.717) is 0 Å². The van der Waals surface area contributed by atoms with Gasteiger partial charge in [0.2, 0.25) is 0 Å². The van der Waals surface area contributed by atoms with Gasteiger partial charge in [-0.05, 0) is 43.9 Å². The van der Waals surface area contributed by atoms with E-state index in [1.165, 1.54) is 88.0 Å². The first-order valence-corrected chi connectivity index (χ1v) is 27.6. The minimum absolute atomic E-state index is 0.175. The fourth-order valence-corrected chi connectivity index (χ4v) is 7.16. The molecule has 0 aromatic heterocycles. The SMILES string of the molecule is CC(C)(C)c1ccc(-c2cccc3[cH-]c(-c4ccc5ccccc5c4)cc23)cc1.C[Si]C.Cc1cc2c(-c3ccc(C(C)(C)C)cc3)ccc(C)c2[cH-]1.[Cl][Zr+2][Cl]. The van der Waals surface area contributed by atoms with Crippen LogP contribution in [0.2, 0.25) is 13.1 Å². The zero-order valence-electron chi connectivity index (χ0n) is 34.6. The summed E-state index contributed by atoms with van der Waals surface area (Å²) < 4.78 is 0. The van der Waals surface area contributed by atoms with E-state index in [-0.39, 0.29) is 10.8 Å². The molecular formula is C52H54Cl2SiZr. The van der Waals surface area contributed by atoms with Crippen LogP contribution in [0.3, 0.4) is 0 Å². The molecule has 0 aliphatic rings. The van der Waals surface area contributed by atoms with Crippen LogP contribution in [0, 0.1) is 13.8 Å². The summed E-state index contributed by atoms with van der Waals surface area (Å²) in [6.45, 7) is 22.2. The predicted molar refractivity (Wildman–Crippen MR) is 249 cm³/mol. The van der Waals surface area contributed by atoms with Crippen molar-refractivity contribution in [2.75, 3.05) is 0 Å². The van der Waals surface area contributed by atoms with Crippen molar-refractivity contribution in [3.8, 4) is 33.4 Å². The first-order chi connectivity index (χ1) is 26.7. The summed E-state index contributed by atoms with van der Waals surface area (Å²) in [5.41, 5.74) is 13.6. The van der Waals surface area contributed by atoms with Crippen molar-refractivity contribution in [3.63, 3.8) is 0 Å². The van der Waals surface area contributed by atoms with Crippen LogP contribution in [0.25, 0.3) is 65.7 Å². The molecule has 0 nitrogen and oxygen atoms in total. The third kappa shape index (κ3) is 10.7. The van der Waals surface area contributed by atoms with Gasteiger partial charge in [-0.15, -0.1) is 68.6 Å². The molecule has 0 aliphatic heterocycles. The summed E-state index contributed by atoms with van der Waals surface area (Å²) in [5, 5.41) is 7.94. The summed E-state index contributed by atoms with van der Waals surface area (Å²) >= 11 is -0.826. The molecule has 0 fully saturated rings. The van der Waals surface area contributed by atoms with Crippen LogP contribution >= 0.6 is 17.0 Å². The number of fused-ring (bicyclic) bond motifs is 3. The molecule has 0 bridgehead atoms. The Labute approximate surface area is 357 Å². The third-order valence-corrected chi connectivity index (χ3v) is 10.2. The van der Waals surface area contributed by atoms with E-state index in [2.05, 4.69) is 214 Å². The van der Waals surface area contributed by atoms with Crippen LogP contribution < -0.4 is 0 Å². The molecule has 0 N–H and O–H groups in total. The molecule has 2 radical (unpaired) electrons. The van der Waals surface area contributed by atoms with Crippen molar-refractivity contribution < 1.29 is 20.8 Å². The van der Waals surface area contributed by atoms with Crippen molar-refractivity contribution in [3.05, 3.63) is 168 Å². The Balaban J connectivity index is 0.000000195. The van der Waals surface area contributed by atoms with E-state index in [0.717, 1.165) is 9.52 Å². The van der Waals surface area contributed by atoms with Crippen molar-refractivity contribution in [2.45, 2.75) is 79.3 Å². The summed E-state index contributed by atoms with van der Waals surface area (Å²) in [7, 11) is 11.0. The summed E-state index contributed by atoms with van der Waals surface area (Å²) in [5.74, 6) is 0. The van der Waals surface area contributed by atoms with Gasteiger partial charge < -0.3 is 0 Å². The fourth-order valence-electron chi connectivity index (χ4n) is 7.16. The Hall–Kier alpha value is -3.52. The average molecular weight is 869 g/mol. The summed E-state index contributed by atoms with van der Waals surface area (Å²) in [6.07, 6.45) is 0. The van der Waals surface area contributed by atoms with Gasteiger partial charge in [0, 0.05) is 9.52 Å². The number of aryl methyl sites for hydroxylation is 2. The van der Waals surface area contributed by atoms with Gasteiger partial charge in [-0.2, -0.15) is 6.07 Å². The van der Waals surface area contributed by atoms with Crippen LogP contribution in [0.4, 0.5) is 0 Å². The van der Waals surface area contributed by atoms with E-state index in [1.807, 2.05) is 0 Å². The van der Waals surface area contributed by atoms with Crippen LogP contribution in [0.15, 0.2) is 146 Å². The topological polar surface area (TPSA) is 0 Å². The molecule has 8 aromatic carbocycles. The van der Waals surface area contributed by atoms with Gasteiger partial charge in [0.1, 0.15) is 0 Å². The Morgan fingerprint density at radius 2 is 1.04 bits per heavy atom. The number of hydrogen-bond donors (Lipinski definition) is 0. The Bertz CT molecular complexity index is 2490.